The molecule has 1 atom stereocenters. The van der Waals surface area contributed by atoms with Gasteiger partial charge in [-0.2, -0.15) is 0 Å². The number of benzene rings is 1. The quantitative estimate of drug-likeness (QED) is 0.857. The average Bonchev–Trinajstić information content (AvgIpc) is 2.50. The lowest BCUT2D eigenvalue weighted by Crippen LogP contribution is -2.41. The highest BCUT2D eigenvalue weighted by Gasteiger charge is 2.27. The smallest absolute Gasteiger partial charge is 0.0345 e. The average molecular weight is 339 g/mol. The predicted molar refractivity (Wildman–Crippen MR) is 90.0 cm³/mol. The van der Waals surface area contributed by atoms with Gasteiger partial charge in [-0.05, 0) is 63.9 Å². The van der Waals surface area contributed by atoms with Crippen molar-refractivity contribution in [2.24, 2.45) is 0 Å². The molecule has 0 spiro atoms. The van der Waals surface area contributed by atoms with E-state index in [1.807, 2.05) is 0 Å². The predicted octanol–water partition coefficient (Wildman–Crippen LogP) is 4.36. The number of hydrogen-bond donors (Lipinski definition) is 1. The lowest BCUT2D eigenvalue weighted by Gasteiger charge is -2.39. The van der Waals surface area contributed by atoms with E-state index in [-0.39, 0.29) is 0 Å². The topological polar surface area (TPSA) is 15.3 Å². The van der Waals surface area contributed by atoms with Crippen LogP contribution in [0.3, 0.4) is 0 Å². The van der Waals surface area contributed by atoms with Crippen LogP contribution in [0.15, 0.2) is 28.7 Å². The first-order chi connectivity index (χ1) is 9.65. The molecule has 0 heterocycles. The van der Waals surface area contributed by atoms with E-state index >= 15 is 0 Å². The van der Waals surface area contributed by atoms with Gasteiger partial charge in [-0.3, -0.25) is 4.90 Å². The highest BCUT2D eigenvalue weighted by Crippen LogP contribution is 2.31. The number of hydrogen-bond acceptors (Lipinski definition) is 2. The molecule has 20 heavy (non-hydrogen) atoms. The second kappa shape index (κ2) is 7.58. The van der Waals surface area contributed by atoms with E-state index in [0.717, 1.165) is 16.6 Å². The van der Waals surface area contributed by atoms with Gasteiger partial charge in [-0.25, -0.2) is 0 Å². The monoisotopic (exact) mass is 338 g/mol. The van der Waals surface area contributed by atoms with Crippen LogP contribution in [0.2, 0.25) is 0 Å². The van der Waals surface area contributed by atoms with Crippen molar-refractivity contribution in [3.05, 3.63) is 34.3 Å². The van der Waals surface area contributed by atoms with Crippen LogP contribution in [-0.4, -0.2) is 31.1 Å². The molecule has 1 aliphatic rings. The van der Waals surface area contributed by atoms with Gasteiger partial charge in [0.05, 0.1) is 0 Å². The third kappa shape index (κ3) is 3.84. The summed E-state index contributed by atoms with van der Waals surface area (Å²) in [7, 11) is 4.39. The lowest BCUT2D eigenvalue weighted by molar-refractivity contribution is 0.124. The molecule has 2 nitrogen and oxygen atoms in total. The Morgan fingerprint density at radius 3 is 2.30 bits per heavy atom. The molecule has 1 aromatic rings. The van der Waals surface area contributed by atoms with Gasteiger partial charge in [-0.15, -0.1) is 0 Å². The van der Waals surface area contributed by atoms with Crippen molar-refractivity contribution in [1.29, 1.82) is 0 Å². The number of nitrogens with one attached hydrogen (secondary N) is 1. The zero-order valence-electron chi connectivity index (χ0n) is 12.9. The molecule has 0 amide bonds. The normalized spacial score (nSPS) is 24.9. The Morgan fingerprint density at radius 2 is 1.80 bits per heavy atom. The second-order valence-corrected chi connectivity index (χ2v) is 6.85. The molecule has 1 saturated carbocycles. The maximum atomic E-state index is 3.52. The van der Waals surface area contributed by atoms with Crippen molar-refractivity contribution < 1.29 is 0 Å². The minimum Gasteiger partial charge on any atom is -0.317 e. The first-order valence-corrected chi connectivity index (χ1v) is 8.59. The van der Waals surface area contributed by atoms with Crippen molar-refractivity contribution in [2.45, 2.75) is 57.2 Å². The summed E-state index contributed by atoms with van der Waals surface area (Å²) in [5, 5.41) is 3.42. The van der Waals surface area contributed by atoms with Gasteiger partial charge in [0, 0.05) is 22.6 Å². The zero-order chi connectivity index (χ0) is 14.5. The molecule has 1 unspecified atom stereocenters. The second-order valence-electron chi connectivity index (χ2n) is 5.94. The first-order valence-electron chi connectivity index (χ1n) is 7.80. The van der Waals surface area contributed by atoms with Crippen LogP contribution in [0.5, 0.6) is 0 Å². The number of nitrogens with zero attached hydrogens (tertiary/aromatic N) is 1. The van der Waals surface area contributed by atoms with E-state index in [2.05, 4.69) is 71.4 Å². The van der Waals surface area contributed by atoms with Crippen molar-refractivity contribution in [3.63, 3.8) is 0 Å². The Bertz CT molecular complexity index is 396. The van der Waals surface area contributed by atoms with Gasteiger partial charge in [0.2, 0.25) is 0 Å². The molecule has 1 N–H and O–H groups in total. The molecule has 0 aliphatic heterocycles. The molecule has 0 radical (unpaired) electrons. The first kappa shape index (κ1) is 16.0. The standard InChI is InChI=1S/C17H27BrN2/c1-4-17(13-5-7-14(18)8-6-13)20(3)16-11-9-15(19-2)10-12-16/h5-8,15-17,19H,4,9-12H2,1-3H3. The van der Waals surface area contributed by atoms with Crippen LogP contribution in [0.4, 0.5) is 0 Å². The lowest BCUT2D eigenvalue weighted by atomic mass is 9.88. The summed E-state index contributed by atoms with van der Waals surface area (Å²) in [5.41, 5.74) is 1.44. The Hall–Kier alpha value is -0.380. The Kier molecular flexibility index (Phi) is 6.06. The fourth-order valence-electron chi connectivity index (χ4n) is 3.47. The van der Waals surface area contributed by atoms with E-state index in [1.165, 1.54) is 37.7 Å². The summed E-state index contributed by atoms with van der Waals surface area (Å²) in [6.07, 6.45) is 6.42. The highest BCUT2D eigenvalue weighted by atomic mass is 79.9. The van der Waals surface area contributed by atoms with E-state index in [1.54, 1.807) is 0 Å². The molecule has 0 bridgehead atoms. The van der Waals surface area contributed by atoms with E-state index in [4.69, 9.17) is 0 Å². The van der Waals surface area contributed by atoms with Crippen molar-refractivity contribution in [1.82, 2.24) is 10.2 Å². The third-order valence-electron chi connectivity index (χ3n) is 4.81. The summed E-state index contributed by atoms with van der Waals surface area (Å²) >= 11 is 3.52. The highest BCUT2D eigenvalue weighted by molar-refractivity contribution is 9.10. The van der Waals surface area contributed by atoms with Gasteiger partial charge in [0.1, 0.15) is 0 Å². The van der Waals surface area contributed by atoms with Crippen LogP contribution < -0.4 is 5.32 Å². The van der Waals surface area contributed by atoms with Gasteiger partial charge in [0.25, 0.3) is 0 Å². The Balaban J connectivity index is 2.02. The fourth-order valence-corrected chi connectivity index (χ4v) is 3.73. The van der Waals surface area contributed by atoms with Crippen LogP contribution in [-0.2, 0) is 0 Å². The molecule has 1 fully saturated rings. The summed E-state index contributed by atoms with van der Waals surface area (Å²) in [5.74, 6) is 0. The summed E-state index contributed by atoms with van der Waals surface area (Å²) in [4.78, 5) is 2.61. The van der Waals surface area contributed by atoms with E-state index < -0.39 is 0 Å². The Labute approximate surface area is 132 Å². The third-order valence-corrected chi connectivity index (χ3v) is 5.34. The summed E-state index contributed by atoms with van der Waals surface area (Å²) in [6, 6.07) is 10.8. The molecular formula is C17H27BrN2. The molecule has 3 heteroatoms. The SMILES string of the molecule is CCC(c1ccc(Br)cc1)N(C)C1CCC(NC)CC1. The van der Waals surface area contributed by atoms with E-state index in [0.29, 0.717) is 6.04 Å². The molecule has 2 rings (SSSR count). The fraction of sp³-hybridized carbons (Fsp3) is 0.647. The molecule has 1 aromatic carbocycles. The summed E-state index contributed by atoms with van der Waals surface area (Å²) < 4.78 is 1.16. The van der Waals surface area contributed by atoms with Crippen molar-refractivity contribution in [2.75, 3.05) is 14.1 Å². The maximum Gasteiger partial charge on any atom is 0.0345 e. The minimum atomic E-state index is 0.541. The van der Waals surface area contributed by atoms with Crippen LogP contribution in [0.1, 0.15) is 50.6 Å². The van der Waals surface area contributed by atoms with Crippen molar-refractivity contribution in [3.8, 4) is 0 Å². The van der Waals surface area contributed by atoms with Crippen molar-refractivity contribution >= 4 is 15.9 Å². The number of rotatable bonds is 5. The molecule has 1 aliphatic carbocycles. The van der Waals surface area contributed by atoms with Crippen LogP contribution in [0.25, 0.3) is 0 Å². The van der Waals surface area contributed by atoms with Crippen LogP contribution >= 0.6 is 15.9 Å². The summed E-state index contributed by atoms with van der Waals surface area (Å²) in [6.45, 7) is 2.29. The largest absolute Gasteiger partial charge is 0.317 e. The van der Waals surface area contributed by atoms with Gasteiger partial charge >= 0.3 is 0 Å². The molecule has 0 aromatic heterocycles. The van der Waals surface area contributed by atoms with Crippen LogP contribution in [0, 0.1) is 0 Å². The Morgan fingerprint density at radius 1 is 1.20 bits per heavy atom. The minimum absolute atomic E-state index is 0.541. The van der Waals surface area contributed by atoms with Gasteiger partial charge in [-0.1, -0.05) is 35.0 Å². The number of halogens is 1. The molecule has 0 saturated heterocycles. The molecule has 112 valence electrons. The van der Waals surface area contributed by atoms with E-state index in [9.17, 15) is 0 Å². The maximum absolute atomic E-state index is 3.52. The zero-order valence-corrected chi connectivity index (χ0v) is 14.5. The van der Waals surface area contributed by atoms with Gasteiger partial charge in [0.15, 0.2) is 0 Å². The molecular weight excluding hydrogens is 312 g/mol. The van der Waals surface area contributed by atoms with Gasteiger partial charge < -0.3 is 5.32 Å².